The van der Waals surface area contributed by atoms with E-state index in [0.717, 1.165) is 10.9 Å². The highest BCUT2D eigenvalue weighted by Gasteiger charge is 2.48. The van der Waals surface area contributed by atoms with Crippen LogP contribution in [0.4, 0.5) is 5.95 Å². The molecule has 284 valence electrons. The summed E-state index contributed by atoms with van der Waals surface area (Å²) in [5.41, 5.74) is 10.8. The topological polar surface area (TPSA) is 374 Å². The minimum Gasteiger partial charge on any atom is -0.387 e. The normalized spacial score (nSPS) is 33.1. The SMILES string of the molecule is CC1C[C@@H](COP(=O)(O)OP(=O)(O)OP(=O)(O)OC[C@H]2O[C@@H](n3cnc4c(=O)[nH]c(N)nc43)C(O)C2O)O[C@H]1N1CN(C)C2=C1NC(N)=NC2O. The largest absolute Gasteiger partial charge is 0.490 e. The predicted octanol–water partition coefficient (Wildman–Crippen LogP) is -2.95. The number of aliphatic hydroxyl groups excluding tert-OH is 3. The lowest BCUT2D eigenvalue weighted by atomic mass is 10.1. The summed E-state index contributed by atoms with van der Waals surface area (Å²) in [5, 5.41) is 34.2. The molecule has 26 nitrogen and oxygen atoms in total. The van der Waals surface area contributed by atoms with Gasteiger partial charge >= 0.3 is 23.5 Å². The number of nitrogen functional groups attached to an aromatic ring is 1. The van der Waals surface area contributed by atoms with Crippen LogP contribution in [0.1, 0.15) is 19.6 Å². The molecule has 0 aliphatic carbocycles. The number of rotatable bonds is 12. The van der Waals surface area contributed by atoms with Crippen molar-refractivity contribution < 1.29 is 70.8 Å². The van der Waals surface area contributed by atoms with Crippen LogP contribution in [0.15, 0.2) is 27.6 Å². The Morgan fingerprint density at radius 2 is 1.67 bits per heavy atom. The molecule has 11 atom stereocenters. The number of aliphatic hydroxyl groups is 3. The number of likely N-dealkylation sites (N-methyl/N-ethyl adjacent to an activating group) is 1. The van der Waals surface area contributed by atoms with Crippen LogP contribution < -0.4 is 22.3 Å². The van der Waals surface area contributed by atoms with Crippen LogP contribution >= 0.6 is 23.5 Å². The monoisotopic (exact) mass is 788 g/mol. The van der Waals surface area contributed by atoms with E-state index in [-0.39, 0.29) is 42.1 Å². The number of aliphatic imine (C=N–C) groups is 1. The van der Waals surface area contributed by atoms with Crippen molar-refractivity contribution in [2.45, 2.75) is 56.4 Å². The number of nitrogens with zero attached hydrogens (tertiary/aromatic N) is 6. The molecule has 4 aliphatic heterocycles. The number of hydrogen-bond donors (Lipinski definition) is 10. The Morgan fingerprint density at radius 1 is 1.00 bits per heavy atom. The molecule has 6 heterocycles. The fourth-order valence-corrected chi connectivity index (χ4v) is 9.55. The minimum absolute atomic E-state index is 0.0147. The van der Waals surface area contributed by atoms with Crippen LogP contribution in [-0.2, 0) is 40.8 Å². The molecule has 7 unspecified atom stereocenters. The van der Waals surface area contributed by atoms with Crippen molar-refractivity contribution in [3.05, 3.63) is 28.2 Å². The molecule has 12 N–H and O–H groups in total. The molecule has 0 saturated carbocycles. The number of nitrogens with one attached hydrogen (secondary N) is 2. The van der Waals surface area contributed by atoms with E-state index in [2.05, 4.69) is 38.4 Å². The quantitative estimate of drug-likeness (QED) is 0.0961. The molecule has 2 fully saturated rings. The molecular weight excluding hydrogens is 753 g/mol. The van der Waals surface area contributed by atoms with E-state index in [1.165, 1.54) is 0 Å². The third-order valence-corrected chi connectivity index (χ3v) is 12.4. The van der Waals surface area contributed by atoms with E-state index in [1.807, 2.05) is 6.92 Å². The first-order chi connectivity index (χ1) is 23.7. The molecule has 0 radical (unpaired) electrons. The maximum Gasteiger partial charge on any atom is 0.490 e. The highest BCUT2D eigenvalue weighted by atomic mass is 31.3. The average Bonchev–Trinajstić information content (AvgIpc) is 3.74. The smallest absolute Gasteiger partial charge is 0.387 e. The molecule has 0 amide bonds. The van der Waals surface area contributed by atoms with Gasteiger partial charge in [-0.2, -0.15) is 13.6 Å². The molecule has 51 heavy (non-hydrogen) atoms. The van der Waals surface area contributed by atoms with Gasteiger partial charge in [-0.05, 0) is 6.42 Å². The number of ether oxygens (including phenoxy) is 2. The lowest BCUT2D eigenvalue weighted by molar-refractivity contribution is -0.0691. The van der Waals surface area contributed by atoms with E-state index in [0.29, 0.717) is 11.5 Å². The van der Waals surface area contributed by atoms with Crippen molar-refractivity contribution >= 4 is 46.5 Å². The molecule has 0 spiro atoms. The number of fused-ring (bicyclic) bond motifs is 1. The van der Waals surface area contributed by atoms with E-state index >= 15 is 0 Å². The number of aromatic nitrogens is 4. The summed E-state index contributed by atoms with van der Waals surface area (Å²) in [6, 6.07) is 0. The summed E-state index contributed by atoms with van der Waals surface area (Å²) in [5.74, 6) is -0.0370. The van der Waals surface area contributed by atoms with E-state index < -0.39 is 85.3 Å². The van der Waals surface area contributed by atoms with Crippen LogP contribution in [0, 0.1) is 5.92 Å². The third-order valence-electron chi connectivity index (χ3n) is 8.12. The second kappa shape index (κ2) is 13.7. The van der Waals surface area contributed by atoms with E-state index in [4.69, 9.17) is 25.5 Å². The number of anilines is 1. The summed E-state index contributed by atoms with van der Waals surface area (Å²) in [6.07, 6.45) is -7.83. The second-order valence-corrected chi connectivity index (χ2v) is 16.5. The Morgan fingerprint density at radius 3 is 2.35 bits per heavy atom. The fraction of sp³-hybridized carbons (Fsp3) is 0.636. The molecule has 6 rings (SSSR count). The predicted molar refractivity (Wildman–Crippen MR) is 167 cm³/mol. The molecule has 2 aromatic heterocycles. The number of aromatic amines is 1. The number of hydrogen-bond acceptors (Lipinski definition) is 21. The van der Waals surface area contributed by atoms with Crippen molar-refractivity contribution in [3.63, 3.8) is 0 Å². The molecular formula is C22H35N10O16P3. The van der Waals surface area contributed by atoms with Gasteiger partial charge in [0, 0.05) is 13.0 Å². The molecule has 2 aromatic rings. The zero-order valence-corrected chi connectivity index (χ0v) is 29.2. The lowest BCUT2D eigenvalue weighted by Gasteiger charge is -2.31. The van der Waals surface area contributed by atoms with Crippen LogP contribution in [0.25, 0.3) is 11.2 Å². The van der Waals surface area contributed by atoms with Gasteiger partial charge in [-0.25, -0.2) is 23.7 Å². The summed E-state index contributed by atoms with van der Waals surface area (Å²) in [4.78, 5) is 59.6. The van der Waals surface area contributed by atoms with Crippen molar-refractivity contribution in [2.24, 2.45) is 16.6 Å². The van der Waals surface area contributed by atoms with Gasteiger partial charge in [-0.1, -0.05) is 6.92 Å². The summed E-state index contributed by atoms with van der Waals surface area (Å²) in [6.45, 7) is 0.450. The maximum atomic E-state index is 12.5. The minimum atomic E-state index is -5.86. The van der Waals surface area contributed by atoms with E-state index in [9.17, 15) is 48.5 Å². The first-order valence-corrected chi connectivity index (χ1v) is 19.3. The summed E-state index contributed by atoms with van der Waals surface area (Å²) < 4.78 is 67.8. The Balaban J connectivity index is 1.01. The Kier molecular flexibility index (Phi) is 10.2. The standard InChI is InChI=1S/C22H35N10O16P3/c1-8-3-9(45-19(8)32-7-30(2)12-16(32)27-22(24)29-18(12)36)4-43-49(37,38)47-51(41,42)48-50(39,40)44-5-10-13(33)14(34)20(46-10)31-6-25-11-15(31)26-21(23)28-17(11)35/h6,8-10,13-14,18-20,33-34,36H,3-5,7H2,1-2H3,(H,37,38)(H,39,40)(H,41,42)(H3,24,27,29)(H3,23,26,28,35)/t8?,9-,10+,13?,14?,18?,19+,20+/m0/s1. The van der Waals surface area contributed by atoms with Gasteiger partial charge in [-0.15, -0.1) is 0 Å². The maximum absolute atomic E-state index is 12.5. The summed E-state index contributed by atoms with van der Waals surface area (Å²) >= 11 is 0. The highest BCUT2D eigenvalue weighted by Crippen LogP contribution is 2.67. The van der Waals surface area contributed by atoms with Crippen molar-refractivity contribution in [1.29, 1.82) is 0 Å². The Hall–Kier alpha value is -3.03. The highest BCUT2D eigenvalue weighted by molar-refractivity contribution is 7.66. The number of guanidine groups is 1. The van der Waals surface area contributed by atoms with Crippen LogP contribution in [0.5, 0.6) is 0 Å². The van der Waals surface area contributed by atoms with Crippen molar-refractivity contribution in [2.75, 3.05) is 32.7 Å². The van der Waals surface area contributed by atoms with Gasteiger partial charge < -0.3 is 66.1 Å². The molecule has 0 aromatic carbocycles. The lowest BCUT2D eigenvalue weighted by Crippen LogP contribution is -2.46. The molecule has 2 saturated heterocycles. The number of phosphoric acid groups is 3. The van der Waals surface area contributed by atoms with Gasteiger partial charge in [0.25, 0.3) is 5.56 Å². The van der Waals surface area contributed by atoms with Gasteiger partial charge in [0.2, 0.25) is 5.95 Å². The molecule has 29 heteroatoms. The Labute approximate surface area is 286 Å². The molecule has 4 aliphatic rings. The van der Waals surface area contributed by atoms with Crippen LogP contribution in [0.2, 0.25) is 0 Å². The van der Waals surface area contributed by atoms with Gasteiger partial charge in [-0.3, -0.25) is 23.4 Å². The molecule has 0 bridgehead atoms. The third kappa shape index (κ3) is 7.85. The van der Waals surface area contributed by atoms with Crippen molar-refractivity contribution in [1.82, 2.24) is 34.6 Å². The first kappa shape index (κ1) is 37.7. The van der Waals surface area contributed by atoms with Crippen LogP contribution in [-0.4, -0.2) is 129 Å². The van der Waals surface area contributed by atoms with Gasteiger partial charge in [0.15, 0.2) is 29.6 Å². The Bertz CT molecular complexity index is 1940. The number of nitrogens with two attached hydrogens (primary N) is 2. The summed E-state index contributed by atoms with van der Waals surface area (Å²) in [7, 11) is -15.2. The first-order valence-electron chi connectivity index (χ1n) is 14.8. The van der Waals surface area contributed by atoms with Crippen molar-refractivity contribution in [3.8, 4) is 0 Å². The zero-order valence-electron chi connectivity index (χ0n) is 26.5. The number of phosphoric ester groups is 2. The zero-order chi connectivity index (χ0) is 37.2. The van der Waals surface area contributed by atoms with E-state index in [1.54, 1.807) is 16.8 Å². The van der Waals surface area contributed by atoms with Gasteiger partial charge in [0.05, 0.1) is 32.3 Å². The number of H-pyrrole nitrogens is 1. The number of imidazole rings is 1. The van der Waals surface area contributed by atoms with Crippen LogP contribution in [0.3, 0.4) is 0 Å². The van der Waals surface area contributed by atoms with Gasteiger partial charge in [0.1, 0.15) is 36.1 Å². The average molecular weight is 788 g/mol. The second-order valence-electron chi connectivity index (χ2n) is 11.9. The fourth-order valence-electron chi connectivity index (χ4n) is 6.01.